The Kier molecular flexibility index (Phi) is 7.51. The molecule has 30 heavy (non-hydrogen) atoms. The summed E-state index contributed by atoms with van der Waals surface area (Å²) in [7, 11) is -4.47. The zero-order chi connectivity index (χ0) is 22.9. The number of aliphatic hydroxyl groups excluding tert-OH is 2. The number of aromatic amines is 2. The van der Waals surface area contributed by atoms with Crippen molar-refractivity contribution in [3.63, 3.8) is 0 Å². The molecule has 0 bridgehead atoms. The Labute approximate surface area is 173 Å². The molecule has 2 rings (SSSR count). The molecule has 172 valence electrons. The van der Waals surface area contributed by atoms with Crippen molar-refractivity contribution >= 4 is 7.60 Å². The number of nitrogens with one attached hydrogen (secondary N) is 2. The molecule has 12 heteroatoms. The fourth-order valence-corrected chi connectivity index (χ4v) is 5.28. The average molecular weight is 450 g/mol. The monoisotopic (exact) mass is 450 g/mol. The van der Waals surface area contributed by atoms with Crippen LogP contribution in [0, 0.1) is 0 Å². The molecule has 1 aromatic rings. The molecule has 6 atom stereocenters. The average Bonchev–Trinajstić information content (AvgIpc) is 2.94. The summed E-state index contributed by atoms with van der Waals surface area (Å²) < 4.78 is 24.0. The minimum absolute atomic E-state index is 0.00933. The van der Waals surface area contributed by atoms with Crippen LogP contribution in [-0.2, 0) is 13.8 Å². The molecule has 0 saturated carbocycles. The van der Waals surface area contributed by atoms with Crippen molar-refractivity contribution in [1.82, 2.24) is 9.97 Å². The predicted octanol–water partition coefficient (Wildman–Crippen LogP) is 0.494. The number of aliphatic hydroxyl groups is 3. The smallest absolute Gasteiger partial charge is 0.359 e. The molecule has 0 radical (unpaired) electrons. The minimum atomic E-state index is -4.47. The van der Waals surface area contributed by atoms with Crippen LogP contribution in [0.15, 0.2) is 15.8 Å². The van der Waals surface area contributed by atoms with Crippen molar-refractivity contribution in [3.05, 3.63) is 32.6 Å². The van der Waals surface area contributed by atoms with E-state index in [4.69, 9.17) is 9.26 Å². The number of rotatable bonds is 9. The molecule has 0 aliphatic carbocycles. The Morgan fingerprint density at radius 3 is 2.27 bits per heavy atom. The van der Waals surface area contributed by atoms with Gasteiger partial charge >= 0.3 is 13.3 Å². The van der Waals surface area contributed by atoms with Gasteiger partial charge in [0.05, 0.1) is 17.3 Å². The third-order valence-corrected chi connectivity index (χ3v) is 8.27. The van der Waals surface area contributed by atoms with E-state index in [9.17, 15) is 34.4 Å². The third kappa shape index (κ3) is 4.77. The van der Waals surface area contributed by atoms with Crippen LogP contribution in [0.4, 0.5) is 0 Å². The lowest BCUT2D eigenvalue weighted by atomic mass is 9.92. The summed E-state index contributed by atoms with van der Waals surface area (Å²) in [5.41, 5.74) is -2.83. The number of hydrogen-bond acceptors (Lipinski definition) is 8. The Balaban J connectivity index is 2.25. The highest BCUT2D eigenvalue weighted by Gasteiger charge is 2.51. The molecule has 0 amide bonds. The quantitative estimate of drug-likeness (QED) is 0.292. The number of H-pyrrole nitrogens is 2. The van der Waals surface area contributed by atoms with Gasteiger partial charge in [-0.3, -0.25) is 14.3 Å². The van der Waals surface area contributed by atoms with E-state index in [0.717, 1.165) is 6.20 Å². The van der Waals surface area contributed by atoms with E-state index in [1.165, 1.54) is 0 Å². The van der Waals surface area contributed by atoms with E-state index in [2.05, 4.69) is 4.98 Å². The van der Waals surface area contributed by atoms with Gasteiger partial charge in [0.1, 0.15) is 18.3 Å². The van der Waals surface area contributed by atoms with Gasteiger partial charge in [-0.1, -0.05) is 20.8 Å². The van der Waals surface area contributed by atoms with Gasteiger partial charge in [-0.25, -0.2) is 4.79 Å². The van der Waals surface area contributed by atoms with Crippen molar-refractivity contribution in [2.24, 2.45) is 0 Å². The number of hydrogen-bond donors (Lipinski definition) is 6. The SMILES string of the molecule is CCC(C)(C[C@H]1O[C@@H](c2c[nH]c(=O)[nH]c2=O)[C@H](O)[C@@H]1O)OP(=O)(O)C(O)(CC)CC. The van der Waals surface area contributed by atoms with Crippen molar-refractivity contribution in [1.29, 1.82) is 0 Å². The van der Waals surface area contributed by atoms with E-state index in [1.54, 1.807) is 27.7 Å². The van der Waals surface area contributed by atoms with Crippen molar-refractivity contribution < 1.29 is 34.0 Å². The third-order valence-electron chi connectivity index (χ3n) is 5.90. The van der Waals surface area contributed by atoms with Crippen molar-refractivity contribution in [2.45, 2.75) is 88.7 Å². The summed E-state index contributed by atoms with van der Waals surface area (Å²) in [6.07, 6.45) is -3.85. The minimum Gasteiger partial charge on any atom is -0.388 e. The second-order valence-electron chi connectivity index (χ2n) is 7.91. The Hall–Kier alpha value is -1.33. The van der Waals surface area contributed by atoms with Gasteiger partial charge in [-0.2, -0.15) is 0 Å². The maximum Gasteiger partial charge on any atom is 0.359 e. The first-order valence-corrected chi connectivity index (χ1v) is 11.5. The lowest BCUT2D eigenvalue weighted by Crippen LogP contribution is -2.40. The summed E-state index contributed by atoms with van der Waals surface area (Å²) in [6, 6.07) is 0. The molecule has 0 aromatic carbocycles. The van der Waals surface area contributed by atoms with Gasteiger partial charge in [-0.15, -0.1) is 0 Å². The van der Waals surface area contributed by atoms with E-state index < -0.39 is 54.2 Å². The highest BCUT2D eigenvalue weighted by molar-refractivity contribution is 7.54. The molecule has 1 saturated heterocycles. The molecule has 1 fully saturated rings. The summed E-state index contributed by atoms with van der Waals surface area (Å²) in [5, 5.41) is 29.4. The van der Waals surface area contributed by atoms with Crippen LogP contribution in [0.3, 0.4) is 0 Å². The van der Waals surface area contributed by atoms with E-state index in [1.807, 2.05) is 4.98 Å². The molecule has 6 N–H and O–H groups in total. The summed E-state index contributed by atoms with van der Waals surface area (Å²) in [6.45, 7) is 6.40. The van der Waals surface area contributed by atoms with Crippen LogP contribution in [0.1, 0.15) is 65.0 Å². The lowest BCUT2D eigenvalue weighted by Gasteiger charge is -2.38. The zero-order valence-corrected chi connectivity index (χ0v) is 18.4. The van der Waals surface area contributed by atoms with Crippen LogP contribution in [0.25, 0.3) is 0 Å². The Morgan fingerprint density at radius 2 is 1.77 bits per heavy atom. The standard InChI is InChI=1S/C18H31N2O9P/c1-5-17(4,29-30(26,27)18(25,6-2)7-3)8-11-12(21)13(22)14(28-11)10-9-19-16(24)20-15(10)23/h9,11-14,21-22,25H,5-8H2,1-4H3,(H,26,27)(H2,19,20,23,24)/t11-,12-,13-,14+,17?/m1/s1. The van der Waals surface area contributed by atoms with E-state index in [0.29, 0.717) is 0 Å². The van der Waals surface area contributed by atoms with Crippen molar-refractivity contribution in [3.8, 4) is 0 Å². The molecule has 1 aromatic heterocycles. The molecular weight excluding hydrogens is 419 g/mol. The van der Waals surface area contributed by atoms with Crippen LogP contribution < -0.4 is 11.2 Å². The second kappa shape index (κ2) is 9.04. The highest BCUT2D eigenvalue weighted by Crippen LogP contribution is 2.60. The van der Waals surface area contributed by atoms with Gasteiger partial charge in [0, 0.05) is 12.6 Å². The lowest BCUT2D eigenvalue weighted by molar-refractivity contribution is -0.0545. The fourth-order valence-electron chi connectivity index (χ4n) is 3.51. The highest BCUT2D eigenvalue weighted by atomic mass is 31.2. The normalized spacial score (nSPS) is 28.8. The fraction of sp³-hybridized carbons (Fsp3) is 0.778. The predicted molar refractivity (Wildman–Crippen MR) is 107 cm³/mol. The van der Waals surface area contributed by atoms with Gasteiger partial charge < -0.3 is 34.5 Å². The maximum atomic E-state index is 12.8. The topological polar surface area (TPSA) is 182 Å². The molecule has 1 aliphatic rings. The van der Waals surface area contributed by atoms with Crippen LogP contribution >= 0.6 is 7.60 Å². The second-order valence-corrected chi connectivity index (χ2v) is 9.97. The van der Waals surface area contributed by atoms with Crippen LogP contribution in [-0.4, -0.2) is 59.4 Å². The number of aromatic nitrogens is 2. The van der Waals surface area contributed by atoms with Gasteiger partial charge in [0.25, 0.3) is 5.56 Å². The van der Waals surface area contributed by atoms with Gasteiger partial charge in [0.2, 0.25) is 0 Å². The van der Waals surface area contributed by atoms with Gasteiger partial charge in [-0.05, 0) is 26.2 Å². The molecule has 1 aliphatic heterocycles. The number of ether oxygens (including phenoxy) is 1. The van der Waals surface area contributed by atoms with Gasteiger partial charge in [0.15, 0.2) is 5.34 Å². The molecular formula is C18H31N2O9P. The first kappa shape index (κ1) is 24.9. The molecule has 0 spiro atoms. The zero-order valence-electron chi connectivity index (χ0n) is 17.5. The summed E-state index contributed by atoms with van der Waals surface area (Å²) in [4.78, 5) is 38.0. The summed E-state index contributed by atoms with van der Waals surface area (Å²) in [5.74, 6) is 0. The van der Waals surface area contributed by atoms with Crippen LogP contribution in [0.2, 0.25) is 0 Å². The maximum absolute atomic E-state index is 12.8. The van der Waals surface area contributed by atoms with Crippen molar-refractivity contribution in [2.75, 3.05) is 0 Å². The van der Waals surface area contributed by atoms with E-state index >= 15 is 0 Å². The Bertz CT molecular complexity index is 896. The van der Waals surface area contributed by atoms with Crippen LogP contribution in [0.5, 0.6) is 0 Å². The largest absolute Gasteiger partial charge is 0.388 e. The molecule has 2 unspecified atom stereocenters. The molecule has 11 nitrogen and oxygen atoms in total. The first-order valence-electron chi connectivity index (χ1n) is 9.92. The Morgan fingerprint density at radius 1 is 1.17 bits per heavy atom. The summed E-state index contributed by atoms with van der Waals surface area (Å²) >= 11 is 0. The first-order chi connectivity index (χ1) is 13.8. The van der Waals surface area contributed by atoms with E-state index in [-0.39, 0.29) is 31.2 Å². The molecule has 2 heterocycles.